The highest BCUT2D eigenvalue weighted by Gasteiger charge is 2.23. The van der Waals surface area contributed by atoms with Crippen molar-refractivity contribution in [1.29, 1.82) is 0 Å². The van der Waals surface area contributed by atoms with Gasteiger partial charge < -0.3 is 20.7 Å². The Labute approximate surface area is 151 Å². The van der Waals surface area contributed by atoms with E-state index in [-0.39, 0.29) is 11.7 Å². The van der Waals surface area contributed by atoms with Crippen molar-refractivity contribution in [2.45, 2.75) is 26.3 Å². The SMILES string of the molecule is COc1ccc(NC(C)=O)cc1NC(=O)NC(C)(C)c1ccc(F)cc1. The van der Waals surface area contributed by atoms with E-state index in [1.807, 2.05) is 13.8 Å². The van der Waals surface area contributed by atoms with Gasteiger partial charge in [-0.1, -0.05) is 12.1 Å². The summed E-state index contributed by atoms with van der Waals surface area (Å²) in [6.07, 6.45) is 0. The maximum absolute atomic E-state index is 13.1. The molecule has 3 amide bonds. The van der Waals surface area contributed by atoms with Crippen LogP contribution in [0.3, 0.4) is 0 Å². The van der Waals surface area contributed by atoms with Gasteiger partial charge in [0.25, 0.3) is 0 Å². The molecule has 0 spiro atoms. The van der Waals surface area contributed by atoms with Crippen LogP contribution in [-0.4, -0.2) is 19.0 Å². The molecule has 0 fully saturated rings. The molecule has 0 aliphatic rings. The lowest BCUT2D eigenvalue weighted by Crippen LogP contribution is -2.43. The van der Waals surface area contributed by atoms with E-state index < -0.39 is 11.6 Å². The quantitative estimate of drug-likeness (QED) is 0.759. The van der Waals surface area contributed by atoms with Crippen LogP contribution in [0.25, 0.3) is 0 Å². The molecule has 138 valence electrons. The Morgan fingerprint density at radius 1 is 1.04 bits per heavy atom. The van der Waals surface area contributed by atoms with Gasteiger partial charge in [-0.3, -0.25) is 4.79 Å². The van der Waals surface area contributed by atoms with Gasteiger partial charge in [-0.05, 0) is 49.7 Å². The zero-order chi connectivity index (χ0) is 19.3. The van der Waals surface area contributed by atoms with Crippen LogP contribution in [-0.2, 0) is 10.3 Å². The molecule has 0 aliphatic heterocycles. The molecule has 0 saturated carbocycles. The lowest BCUT2D eigenvalue weighted by molar-refractivity contribution is -0.114. The highest BCUT2D eigenvalue weighted by molar-refractivity contribution is 5.94. The Kier molecular flexibility index (Phi) is 5.82. The molecule has 3 N–H and O–H groups in total. The molecular formula is C19H22FN3O3. The standard InChI is InChI=1S/C19H22FN3O3/c1-12(24)21-15-9-10-17(26-4)16(11-15)22-18(25)23-19(2,3)13-5-7-14(20)8-6-13/h5-11H,1-4H3,(H,21,24)(H2,22,23,25). The van der Waals surface area contributed by atoms with Gasteiger partial charge in [-0.2, -0.15) is 0 Å². The summed E-state index contributed by atoms with van der Waals surface area (Å²) < 4.78 is 18.3. The average Bonchev–Trinajstić information content (AvgIpc) is 2.54. The molecule has 26 heavy (non-hydrogen) atoms. The molecule has 0 bridgehead atoms. The summed E-state index contributed by atoms with van der Waals surface area (Å²) in [5, 5.41) is 8.20. The first kappa shape index (κ1) is 19.2. The molecule has 0 aromatic heterocycles. The fourth-order valence-corrected chi connectivity index (χ4v) is 2.46. The molecule has 2 aromatic carbocycles. The average molecular weight is 359 g/mol. The van der Waals surface area contributed by atoms with Gasteiger partial charge in [0.15, 0.2) is 0 Å². The van der Waals surface area contributed by atoms with Crippen LogP contribution < -0.4 is 20.7 Å². The summed E-state index contributed by atoms with van der Waals surface area (Å²) in [5.41, 5.74) is 0.978. The third-order valence-electron chi connectivity index (χ3n) is 3.76. The first-order chi connectivity index (χ1) is 12.2. The van der Waals surface area contributed by atoms with Crippen LogP contribution in [0, 0.1) is 5.82 Å². The van der Waals surface area contributed by atoms with Gasteiger partial charge in [0.1, 0.15) is 11.6 Å². The molecular weight excluding hydrogens is 337 g/mol. The Morgan fingerprint density at radius 2 is 1.69 bits per heavy atom. The minimum atomic E-state index is -0.722. The summed E-state index contributed by atoms with van der Waals surface area (Å²) in [7, 11) is 1.49. The minimum Gasteiger partial charge on any atom is -0.495 e. The van der Waals surface area contributed by atoms with Gasteiger partial charge in [-0.25, -0.2) is 9.18 Å². The third kappa shape index (κ3) is 4.95. The Bertz CT molecular complexity index is 804. The normalized spacial score (nSPS) is 10.8. The van der Waals surface area contributed by atoms with E-state index in [1.54, 1.807) is 30.3 Å². The predicted molar refractivity (Wildman–Crippen MR) is 98.9 cm³/mol. The number of hydrogen-bond acceptors (Lipinski definition) is 3. The second-order valence-electron chi connectivity index (χ2n) is 6.31. The van der Waals surface area contributed by atoms with Gasteiger partial charge in [-0.15, -0.1) is 0 Å². The highest BCUT2D eigenvalue weighted by atomic mass is 19.1. The van der Waals surface area contributed by atoms with Crippen molar-refractivity contribution < 1.29 is 18.7 Å². The zero-order valence-electron chi connectivity index (χ0n) is 15.1. The second kappa shape index (κ2) is 7.86. The fraction of sp³-hybridized carbons (Fsp3) is 0.263. The van der Waals surface area contributed by atoms with Gasteiger partial charge >= 0.3 is 6.03 Å². The zero-order valence-corrected chi connectivity index (χ0v) is 15.1. The summed E-state index contributed by atoms with van der Waals surface area (Å²) in [5.74, 6) is -0.106. The van der Waals surface area contributed by atoms with E-state index >= 15 is 0 Å². The second-order valence-corrected chi connectivity index (χ2v) is 6.31. The first-order valence-electron chi connectivity index (χ1n) is 8.02. The maximum Gasteiger partial charge on any atom is 0.320 e. The number of methoxy groups -OCH3 is 1. The number of carbonyl (C=O) groups is 2. The van der Waals surface area contributed by atoms with Crippen molar-refractivity contribution in [1.82, 2.24) is 5.32 Å². The largest absolute Gasteiger partial charge is 0.495 e. The van der Waals surface area contributed by atoms with Crippen LogP contribution in [0.5, 0.6) is 5.75 Å². The molecule has 6 nitrogen and oxygen atoms in total. The maximum atomic E-state index is 13.1. The van der Waals surface area contributed by atoms with Crippen molar-refractivity contribution in [3.63, 3.8) is 0 Å². The highest BCUT2D eigenvalue weighted by Crippen LogP contribution is 2.28. The van der Waals surface area contributed by atoms with Crippen molar-refractivity contribution >= 4 is 23.3 Å². The molecule has 0 aliphatic carbocycles. The van der Waals surface area contributed by atoms with Crippen LogP contribution >= 0.6 is 0 Å². The van der Waals surface area contributed by atoms with Gasteiger partial charge in [0.2, 0.25) is 5.91 Å². The van der Waals surface area contributed by atoms with E-state index in [0.717, 1.165) is 5.56 Å². The Morgan fingerprint density at radius 3 is 2.27 bits per heavy atom. The molecule has 7 heteroatoms. The lowest BCUT2D eigenvalue weighted by Gasteiger charge is -2.27. The number of benzene rings is 2. The lowest BCUT2D eigenvalue weighted by atomic mass is 9.94. The number of anilines is 2. The number of rotatable bonds is 5. The number of hydrogen-bond donors (Lipinski definition) is 3. The van der Waals surface area contributed by atoms with E-state index in [2.05, 4.69) is 16.0 Å². The van der Waals surface area contributed by atoms with E-state index in [0.29, 0.717) is 17.1 Å². The van der Waals surface area contributed by atoms with Crippen molar-refractivity contribution in [3.8, 4) is 5.75 Å². The van der Waals surface area contributed by atoms with Crippen LogP contribution in [0.15, 0.2) is 42.5 Å². The summed E-state index contributed by atoms with van der Waals surface area (Å²) >= 11 is 0. The van der Waals surface area contributed by atoms with Gasteiger partial charge in [0, 0.05) is 12.6 Å². The van der Waals surface area contributed by atoms with E-state index in [1.165, 1.54) is 26.2 Å². The number of carbonyl (C=O) groups excluding carboxylic acids is 2. The molecule has 2 rings (SSSR count). The van der Waals surface area contributed by atoms with Gasteiger partial charge in [0.05, 0.1) is 18.3 Å². The monoisotopic (exact) mass is 359 g/mol. The summed E-state index contributed by atoms with van der Waals surface area (Å²) in [6, 6.07) is 10.4. The Balaban J connectivity index is 2.15. The first-order valence-corrected chi connectivity index (χ1v) is 8.02. The third-order valence-corrected chi connectivity index (χ3v) is 3.76. The van der Waals surface area contributed by atoms with Crippen LogP contribution in [0.2, 0.25) is 0 Å². The number of nitrogens with one attached hydrogen (secondary N) is 3. The number of urea groups is 1. The topological polar surface area (TPSA) is 79.5 Å². The molecule has 0 radical (unpaired) electrons. The Hall–Kier alpha value is -3.09. The van der Waals surface area contributed by atoms with Crippen LogP contribution in [0.4, 0.5) is 20.6 Å². The molecule has 0 heterocycles. The van der Waals surface area contributed by atoms with Crippen molar-refractivity contribution in [2.75, 3.05) is 17.7 Å². The van der Waals surface area contributed by atoms with E-state index in [9.17, 15) is 14.0 Å². The number of halogens is 1. The van der Waals surface area contributed by atoms with Crippen molar-refractivity contribution in [3.05, 3.63) is 53.8 Å². The molecule has 0 saturated heterocycles. The summed E-state index contributed by atoms with van der Waals surface area (Å²) in [6.45, 7) is 5.02. The predicted octanol–water partition coefficient (Wildman–Crippen LogP) is 3.85. The number of amides is 3. The minimum absolute atomic E-state index is 0.219. The smallest absolute Gasteiger partial charge is 0.320 e. The van der Waals surface area contributed by atoms with Crippen molar-refractivity contribution in [2.24, 2.45) is 0 Å². The summed E-state index contributed by atoms with van der Waals surface area (Å²) in [4.78, 5) is 23.6. The number of ether oxygens (including phenoxy) is 1. The van der Waals surface area contributed by atoms with E-state index in [4.69, 9.17) is 4.74 Å². The molecule has 0 atom stereocenters. The van der Waals surface area contributed by atoms with Crippen LogP contribution in [0.1, 0.15) is 26.3 Å². The molecule has 0 unspecified atom stereocenters. The fourth-order valence-electron chi connectivity index (χ4n) is 2.46. The molecule has 2 aromatic rings.